The minimum atomic E-state index is -1.06. The molecule has 2 aromatic rings. The number of methoxy groups -OCH3 is 1. The first-order valence-corrected chi connectivity index (χ1v) is 6.74. The first-order valence-electron chi connectivity index (χ1n) is 6.74. The lowest BCUT2D eigenvalue weighted by molar-refractivity contribution is 0.0659. The van der Waals surface area contributed by atoms with Crippen LogP contribution >= 0.6 is 0 Å². The van der Waals surface area contributed by atoms with E-state index in [0.717, 1.165) is 11.3 Å². The number of benzene rings is 1. The lowest BCUT2D eigenvalue weighted by Gasteiger charge is -2.19. The third-order valence-corrected chi connectivity index (χ3v) is 3.36. The molecule has 0 saturated heterocycles. The quantitative estimate of drug-likeness (QED) is 0.852. The normalized spacial score (nSPS) is 13.7. The molecular formula is C16H19NO4. The summed E-state index contributed by atoms with van der Waals surface area (Å²) < 4.78 is 10.5. The van der Waals surface area contributed by atoms with Gasteiger partial charge in [0.1, 0.15) is 11.5 Å². The summed E-state index contributed by atoms with van der Waals surface area (Å²) in [5.74, 6) is 0.295. The van der Waals surface area contributed by atoms with Gasteiger partial charge in [-0.1, -0.05) is 12.1 Å². The van der Waals surface area contributed by atoms with E-state index in [1.807, 2.05) is 38.1 Å². The smallest absolute Gasteiger partial charge is 0.371 e. The van der Waals surface area contributed by atoms with E-state index in [9.17, 15) is 4.79 Å². The zero-order chi connectivity index (χ0) is 15.4. The van der Waals surface area contributed by atoms with Gasteiger partial charge in [-0.3, -0.25) is 0 Å². The molecule has 0 fully saturated rings. The van der Waals surface area contributed by atoms with Gasteiger partial charge in [-0.25, -0.2) is 4.79 Å². The zero-order valence-corrected chi connectivity index (χ0v) is 12.3. The summed E-state index contributed by atoms with van der Waals surface area (Å²) in [5.41, 5.74) is 1.09. The van der Waals surface area contributed by atoms with Crippen LogP contribution < -0.4 is 10.1 Å². The van der Waals surface area contributed by atoms with Crippen LogP contribution in [0.4, 0.5) is 0 Å². The van der Waals surface area contributed by atoms with Gasteiger partial charge in [0.25, 0.3) is 0 Å². The highest BCUT2D eigenvalue weighted by Crippen LogP contribution is 2.23. The minimum absolute atomic E-state index is 0.0484. The summed E-state index contributed by atoms with van der Waals surface area (Å²) >= 11 is 0. The Kier molecular flexibility index (Phi) is 4.65. The molecule has 0 amide bonds. The van der Waals surface area contributed by atoms with Crippen molar-refractivity contribution in [3.8, 4) is 5.75 Å². The van der Waals surface area contributed by atoms with Gasteiger partial charge in [0.2, 0.25) is 5.76 Å². The molecule has 0 aliphatic carbocycles. The summed E-state index contributed by atoms with van der Waals surface area (Å²) in [6.07, 6.45) is 0. The minimum Gasteiger partial charge on any atom is -0.497 e. The van der Waals surface area contributed by atoms with E-state index < -0.39 is 5.97 Å². The largest absolute Gasteiger partial charge is 0.497 e. The Balaban J connectivity index is 2.06. The van der Waals surface area contributed by atoms with Gasteiger partial charge in [-0.05, 0) is 43.7 Å². The van der Waals surface area contributed by atoms with Crippen molar-refractivity contribution in [1.82, 2.24) is 5.32 Å². The number of hydrogen-bond acceptors (Lipinski definition) is 4. The van der Waals surface area contributed by atoms with Crippen molar-refractivity contribution < 1.29 is 19.1 Å². The van der Waals surface area contributed by atoms with Crippen molar-refractivity contribution in [2.24, 2.45) is 0 Å². The number of hydrogen-bond donors (Lipinski definition) is 2. The van der Waals surface area contributed by atoms with Gasteiger partial charge in [0.15, 0.2) is 0 Å². The molecule has 5 nitrogen and oxygen atoms in total. The second-order valence-electron chi connectivity index (χ2n) is 4.89. The Labute approximate surface area is 123 Å². The molecule has 0 aliphatic rings. The van der Waals surface area contributed by atoms with Crippen molar-refractivity contribution in [1.29, 1.82) is 0 Å². The van der Waals surface area contributed by atoms with Crippen LogP contribution in [-0.4, -0.2) is 18.2 Å². The molecule has 0 aliphatic heterocycles. The fourth-order valence-corrected chi connectivity index (χ4v) is 2.16. The van der Waals surface area contributed by atoms with Crippen LogP contribution in [0.2, 0.25) is 0 Å². The second kappa shape index (κ2) is 6.45. The Morgan fingerprint density at radius 1 is 1.24 bits per heavy atom. The fraction of sp³-hybridized carbons (Fsp3) is 0.312. The van der Waals surface area contributed by atoms with E-state index in [1.54, 1.807) is 13.2 Å². The average molecular weight is 289 g/mol. The van der Waals surface area contributed by atoms with Crippen molar-refractivity contribution in [3.63, 3.8) is 0 Å². The molecule has 2 atom stereocenters. The topological polar surface area (TPSA) is 71.7 Å². The molecular weight excluding hydrogens is 270 g/mol. The number of carboxylic acids is 1. The summed E-state index contributed by atoms with van der Waals surface area (Å²) in [7, 11) is 1.64. The predicted molar refractivity (Wildman–Crippen MR) is 78.6 cm³/mol. The number of nitrogens with one attached hydrogen (secondary N) is 1. The average Bonchev–Trinajstić information content (AvgIpc) is 2.97. The summed E-state index contributed by atoms with van der Waals surface area (Å²) in [6, 6.07) is 10.9. The number of ether oxygens (including phenoxy) is 1. The molecule has 2 rings (SSSR count). The number of aromatic carboxylic acids is 1. The molecule has 1 aromatic heterocycles. The summed E-state index contributed by atoms with van der Waals surface area (Å²) in [5, 5.41) is 12.2. The van der Waals surface area contributed by atoms with E-state index in [2.05, 4.69) is 5.32 Å². The first kappa shape index (κ1) is 15.1. The highest BCUT2D eigenvalue weighted by molar-refractivity contribution is 5.84. The molecule has 0 radical (unpaired) electrons. The zero-order valence-electron chi connectivity index (χ0n) is 12.3. The van der Waals surface area contributed by atoms with Crippen LogP contribution in [0.3, 0.4) is 0 Å². The molecule has 0 spiro atoms. The monoisotopic (exact) mass is 289 g/mol. The molecule has 21 heavy (non-hydrogen) atoms. The SMILES string of the molecule is COc1cccc([C@@H](C)NC(C)c2ccc(C(=O)O)o2)c1. The Morgan fingerprint density at radius 2 is 2.00 bits per heavy atom. The van der Waals surface area contributed by atoms with Gasteiger partial charge >= 0.3 is 5.97 Å². The van der Waals surface area contributed by atoms with E-state index in [-0.39, 0.29) is 17.8 Å². The Morgan fingerprint density at radius 3 is 2.62 bits per heavy atom. The van der Waals surface area contributed by atoms with Crippen molar-refractivity contribution in [2.75, 3.05) is 7.11 Å². The summed E-state index contributed by atoms with van der Waals surface area (Å²) in [6.45, 7) is 3.97. The van der Waals surface area contributed by atoms with Crippen LogP contribution in [-0.2, 0) is 0 Å². The molecule has 0 saturated carbocycles. The second-order valence-corrected chi connectivity index (χ2v) is 4.89. The molecule has 2 N–H and O–H groups in total. The van der Waals surface area contributed by atoms with Gasteiger partial charge in [-0.2, -0.15) is 0 Å². The van der Waals surface area contributed by atoms with Crippen LogP contribution in [0.15, 0.2) is 40.8 Å². The molecule has 1 unspecified atom stereocenters. The van der Waals surface area contributed by atoms with Crippen LogP contribution in [0.1, 0.15) is 47.8 Å². The van der Waals surface area contributed by atoms with Gasteiger partial charge in [-0.15, -0.1) is 0 Å². The predicted octanol–water partition coefficient (Wildman–Crippen LogP) is 3.40. The van der Waals surface area contributed by atoms with Crippen LogP contribution in [0.25, 0.3) is 0 Å². The lowest BCUT2D eigenvalue weighted by Crippen LogP contribution is -2.22. The van der Waals surface area contributed by atoms with E-state index in [0.29, 0.717) is 5.76 Å². The third kappa shape index (κ3) is 3.64. The number of rotatable bonds is 6. The number of furan rings is 1. The Hall–Kier alpha value is -2.27. The van der Waals surface area contributed by atoms with Crippen LogP contribution in [0.5, 0.6) is 5.75 Å². The van der Waals surface area contributed by atoms with E-state index >= 15 is 0 Å². The highest BCUT2D eigenvalue weighted by atomic mass is 16.5. The van der Waals surface area contributed by atoms with Crippen molar-refractivity contribution in [2.45, 2.75) is 25.9 Å². The summed E-state index contributed by atoms with van der Waals surface area (Å²) in [4.78, 5) is 10.8. The maximum atomic E-state index is 10.8. The standard InChI is InChI=1S/C16H19NO4/c1-10(12-5-4-6-13(9-12)20-3)17-11(2)14-7-8-15(21-14)16(18)19/h4-11,17H,1-3H3,(H,18,19)/t10-,11?/m1/s1. The molecule has 1 heterocycles. The van der Waals surface area contributed by atoms with E-state index in [4.69, 9.17) is 14.3 Å². The fourth-order valence-electron chi connectivity index (χ4n) is 2.16. The maximum Gasteiger partial charge on any atom is 0.371 e. The Bertz CT molecular complexity index is 620. The third-order valence-electron chi connectivity index (χ3n) is 3.36. The molecule has 112 valence electrons. The van der Waals surface area contributed by atoms with E-state index in [1.165, 1.54) is 6.07 Å². The first-order chi connectivity index (χ1) is 10.0. The maximum absolute atomic E-state index is 10.8. The molecule has 1 aromatic carbocycles. The van der Waals surface area contributed by atoms with Gasteiger partial charge in [0, 0.05) is 6.04 Å². The van der Waals surface area contributed by atoms with Gasteiger partial charge < -0.3 is 19.6 Å². The molecule has 5 heteroatoms. The number of carbonyl (C=O) groups is 1. The number of carboxylic acid groups (broad SMARTS) is 1. The van der Waals surface area contributed by atoms with Crippen molar-refractivity contribution >= 4 is 5.97 Å². The lowest BCUT2D eigenvalue weighted by atomic mass is 10.1. The molecule has 0 bridgehead atoms. The van der Waals surface area contributed by atoms with Gasteiger partial charge in [0.05, 0.1) is 13.2 Å². The van der Waals surface area contributed by atoms with Crippen LogP contribution in [0, 0.1) is 0 Å². The van der Waals surface area contributed by atoms with Crippen molar-refractivity contribution in [3.05, 3.63) is 53.5 Å². The highest BCUT2D eigenvalue weighted by Gasteiger charge is 2.16.